The third-order valence-corrected chi connectivity index (χ3v) is 0.250. The number of nitrogens with one attached hydrogen (secondary N) is 1. The van der Waals surface area contributed by atoms with Crippen molar-refractivity contribution in [2.24, 2.45) is 0 Å². The average Bonchev–Trinajstić information content (AvgIpc) is 1.14. The van der Waals surface area contributed by atoms with Gasteiger partial charge in [-0.15, -0.1) is 0 Å². The third-order valence-electron chi connectivity index (χ3n) is 0.250. The zero-order chi connectivity index (χ0) is 7.71. The summed E-state index contributed by atoms with van der Waals surface area (Å²) >= 11 is 0. The molecule has 0 aliphatic carbocycles. The standard InChI is InChI=1S/C4H11N/c1-3-5-4-2/h5H,3-4H2,1-2H3/i3D2,4D2. The Labute approximate surface area is 39.0 Å². The monoisotopic (exact) mass is 77.1 g/mol. The Morgan fingerprint density at radius 2 is 2.00 bits per heavy atom. The number of hydrogen-bond acceptors (Lipinski definition) is 1. The van der Waals surface area contributed by atoms with Crippen LogP contribution in [0.5, 0.6) is 0 Å². The molecule has 0 rings (SSSR count). The van der Waals surface area contributed by atoms with Crippen LogP contribution in [0.4, 0.5) is 0 Å². The van der Waals surface area contributed by atoms with Gasteiger partial charge in [0, 0.05) is 5.48 Å². The summed E-state index contributed by atoms with van der Waals surface area (Å²) in [6.07, 6.45) is 0. The van der Waals surface area contributed by atoms with E-state index in [9.17, 15) is 0 Å². The van der Waals surface area contributed by atoms with Gasteiger partial charge >= 0.3 is 0 Å². The lowest BCUT2D eigenvalue weighted by Crippen LogP contribution is -2.09. The molecule has 0 radical (unpaired) electrons. The van der Waals surface area contributed by atoms with E-state index in [-0.39, 0.29) is 0 Å². The molecule has 0 aromatic rings. The lowest BCUT2D eigenvalue weighted by atomic mass is 10.7. The smallest absolute Gasteiger partial charge is 0.0425 e. The maximum Gasteiger partial charge on any atom is 0.0425 e. The van der Waals surface area contributed by atoms with Crippen molar-refractivity contribution in [1.82, 2.24) is 5.32 Å². The highest BCUT2D eigenvalue weighted by atomic mass is 14.8. The van der Waals surface area contributed by atoms with Crippen molar-refractivity contribution in [2.45, 2.75) is 13.8 Å². The van der Waals surface area contributed by atoms with E-state index in [1.165, 1.54) is 13.8 Å². The Morgan fingerprint density at radius 1 is 1.60 bits per heavy atom. The molecule has 0 amide bonds. The van der Waals surface area contributed by atoms with Crippen molar-refractivity contribution in [1.29, 1.82) is 0 Å². The molecular weight excluding hydrogens is 62.1 g/mol. The van der Waals surface area contributed by atoms with Gasteiger partial charge in [-0.1, -0.05) is 13.8 Å². The second-order valence-corrected chi connectivity index (χ2v) is 0.625. The van der Waals surface area contributed by atoms with Crippen LogP contribution in [0.3, 0.4) is 0 Å². The van der Waals surface area contributed by atoms with Crippen molar-refractivity contribution in [3.63, 3.8) is 0 Å². The molecule has 0 saturated heterocycles. The third kappa shape index (κ3) is 3.96. The fourth-order valence-electron chi connectivity index (χ4n) is 0.125. The maximum absolute atomic E-state index is 6.90. The minimum absolute atomic E-state index is 1.27. The van der Waals surface area contributed by atoms with E-state index in [4.69, 9.17) is 5.48 Å². The van der Waals surface area contributed by atoms with Crippen molar-refractivity contribution < 1.29 is 5.48 Å². The quantitative estimate of drug-likeness (QED) is 0.509. The average molecular weight is 77.2 g/mol. The predicted molar refractivity (Wildman–Crippen MR) is 24.2 cm³/mol. The SMILES string of the molecule is [2H]C([2H])(C)NC([2H])([2H])C. The highest BCUT2D eigenvalue weighted by Crippen LogP contribution is 1.47. The second-order valence-electron chi connectivity index (χ2n) is 0.625. The molecule has 5 heavy (non-hydrogen) atoms. The molecule has 0 heterocycles. The van der Waals surface area contributed by atoms with E-state index in [1.807, 2.05) is 0 Å². The number of rotatable bonds is 2. The molecule has 0 spiro atoms. The minimum Gasteiger partial charge on any atom is -0.317 e. The van der Waals surface area contributed by atoms with Crippen LogP contribution in [-0.2, 0) is 0 Å². The summed E-state index contributed by atoms with van der Waals surface area (Å²) in [4.78, 5) is 0. The molecule has 0 aromatic carbocycles. The van der Waals surface area contributed by atoms with Gasteiger partial charge in [0.1, 0.15) is 0 Å². The van der Waals surface area contributed by atoms with Crippen LogP contribution >= 0.6 is 0 Å². The summed E-state index contributed by atoms with van der Waals surface area (Å²) in [5.74, 6) is 0. The van der Waals surface area contributed by atoms with Crippen molar-refractivity contribution in [3.8, 4) is 0 Å². The van der Waals surface area contributed by atoms with Crippen LogP contribution in [0.25, 0.3) is 0 Å². The maximum atomic E-state index is 6.90. The van der Waals surface area contributed by atoms with Gasteiger partial charge in [0.2, 0.25) is 0 Å². The zero-order valence-corrected chi connectivity index (χ0v) is 3.50. The molecule has 0 aromatic heterocycles. The van der Waals surface area contributed by atoms with Crippen LogP contribution in [0, 0.1) is 0 Å². The molecule has 0 atom stereocenters. The van der Waals surface area contributed by atoms with Crippen molar-refractivity contribution in [2.75, 3.05) is 13.0 Å². The van der Waals surface area contributed by atoms with Crippen LogP contribution in [0.2, 0.25) is 0 Å². The van der Waals surface area contributed by atoms with Crippen molar-refractivity contribution >= 4 is 0 Å². The fraction of sp³-hybridized carbons (Fsp3) is 1.00. The molecule has 0 fully saturated rings. The molecule has 32 valence electrons. The summed E-state index contributed by atoms with van der Waals surface area (Å²) in [6.45, 7) is -0.737. The molecule has 0 saturated carbocycles. The fourth-order valence-corrected chi connectivity index (χ4v) is 0.125. The Hall–Kier alpha value is -0.0400. The molecule has 0 bridgehead atoms. The molecule has 1 nitrogen and oxygen atoms in total. The van der Waals surface area contributed by atoms with Crippen LogP contribution < -0.4 is 5.32 Å². The first-order valence-electron chi connectivity index (χ1n) is 3.50. The summed E-state index contributed by atoms with van der Waals surface area (Å²) in [7, 11) is 0. The van der Waals surface area contributed by atoms with Gasteiger partial charge in [-0.2, -0.15) is 0 Å². The summed E-state index contributed by atoms with van der Waals surface area (Å²) in [5, 5.41) is 2.12. The first kappa shape index (κ1) is 1.23. The second kappa shape index (κ2) is 3.96. The van der Waals surface area contributed by atoms with Crippen LogP contribution in [-0.4, -0.2) is 13.0 Å². The predicted octanol–water partition coefficient (Wildman–Crippen LogP) is 0.616. The normalized spacial score (nSPS) is 26.0. The summed E-state index contributed by atoms with van der Waals surface area (Å²) < 4.78 is 27.6. The van der Waals surface area contributed by atoms with Gasteiger partial charge in [-0.05, 0) is 13.0 Å². The Balaban J connectivity index is 3.75. The zero-order valence-electron chi connectivity index (χ0n) is 7.50. The first-order valence-corrected chi connectivity index (χ1v) is 1.50. The minimum atomic E-state index is -1.64. The lowest BCUT2D eigenvalue weighted by Gasteiger charge is -1.86. The molecule has 0 aliphatic heterocycles. The lowest BCUT2D eigenvalue weighted by molar-refractivity contribution is 0.762. The molecule has 1 heteroatoms. The van der Waals surface area contributed by atoms with Gasteiger partial charge in [0.25, 0.3) is 0 Å². The van der Waals surface area contributed by atoms with Crippen molar-refractivity contribution in [3.05, 3.63) is 0 Å². The molecule has 0 unspecified atom stereocenters. The Kier molecular flexibility index (Phi) is 0.972. The van der Waals surface area contributed by atoms with E-state index >= 15 is 0 Å². The van der Waals surface area contributed by atoms with E-state index in [0.29, 0.717) is 0 Å². The van der Waals surface area contributed by atoms with Gasteiger partial charge < -0.3 is 5.32 Å². The largest absolute Gasteiger partial charge is 0.317 e. The van der Waals surface area contributed by atoms with E-state index in [2.05, 4.69) is 5.32 Å². The highest BCUT2D eigenvalue weighted by molar-refractivity contribution is 4.27. The summed E-state index contributed by atoms with van der Waals surface area (Å²) in [5.41, 5.74) is 0. The van der Waals surface area contributed by atoms with Gasteiger partial charge in [-0.3, -0.25) is 0 Å². The molecule has 1 N–H and O–H groups in total. The Morgan fingerprint density at radius 3 is 2.00 bits per heavy atom. The Bertz CT molecular complexity index is 77.7. The van der Waals surface area contributed by atoms with Gasteiger partial charge in [-0.25, -0.2) is 0 Å². The number of hydrogen-bond donors (Lipinski definition) is 1. The van der Waals surface area contributed by atoms with E-state index in [1.54, 1.807) is 0 Å². The van der Waals surface area contributed by atoms with E-state index < -0.39 is 13.0 Å². The van der Waals surface area contributed by atoms with Gasteiger partial charge in [0.05, 0.1) is 0 Å². The molecule has 0 aliphatic rings. The van der Waals surface area contributed by atoms with Crippen LogP contribution in [0.1, 0.15) is 19.3 Å². The van der Waals surface area contributed by atoms with E-state index in [0.717, 1.165) is 0 Å². The topological polar surface area (TPSA) is 12.0 Å². The summed E-state index contributed by atoms with van der Waals surface area (Å²) in [6, 6.07) is 0. The molecular formula is C4H11N. The van der Waals surface area contributed by atoms with Crippen LogP contribution in [0.15, 0.2) is 0 Å². The first-order chi connectivity index (χ1) is 3.71. The van der Waals surface area contributed by atoms with Gasteiger partial charge in [0.15, 0.2) is 0 Å². The highest BCUT2D eigenvalue weighted by Gasteiger charge is 1.62.